The highest BCUT2D eigenvalue weighted by molar-refractivity contribution is 6.17. The fraction of sp³-hybridized carbons (Fsp3) is 0.500. The van der Waals surface area contributed by atoms with Crippen molar-refractivity contribution in [3.63, 3.8) is 0 Å². The van der Waals surface area contributed by atoms with E-state index in [4.69, 9.17) is 16.3 Å². The van der Waals surface area contributed by atoms with Gasteiger partial charge in [-0.25, -0.2) is 4.39 Å². The summed E-state index contributed by atoms with van der Waals surface area (Å²) in [6.07, 6.45) is 0.210. The average molecular weight is 244 g/mol. The third kappa shape index (κ3) is 2.47. The highest BCUT2D eigenvalue weighted by Gasteiger charge is 2.19. The van der Waals surface area contributed by atoms with E-state index in [0.717, 1.165) is 24.3 Å². The maximum absolute atomic E-state index is 13.1. The predicted molar refractivity (Wildman–Crippen MR) is 63.6 cm³/mol. The van der Waals surface area contributed by atoms with Crippen molar-refractivity contribution >= 4 is 17.3 Å². The smallest absolute Gasteiger partial charge is 0.123 e. The lowest BCUT2D eigenvalue weighted by molar-refractivity contribution is 0.0532. The van der Waals surface area contributed by atoms with Gasteiger partial charge in [-0.1, -0.05) is 0 Å². The summed E-state index contributed by atoms with van der Waals surface area (Å²) >= 11 is 5.84. The van der Waals surface area contributed by atoms with Gasteiger partial charge in [0.15, 0.2) is 0 Å². The number of anilines is 1. The second-order valence-corrected chi connectivity index (χ2v) is 4.30. The molecule has 2 rings (SSSR count). The van der Waals surface area contributed by atoms with Gasteiger partial charge in [0.1, 0.15) is 5.82 Å². The first-order chi connectivity index (χ1) is 7.70. The van der Waals surface area contributed by atoms with Gasteiger partial charge in [-0.3, -0.25) is 0 Å². The van der Waals surface area contributed by atoms with E-state index in [1.807, 2.05) is 6.92 Å². The van der Waals surface area contributed by atoms with E-state index in [1.54, 1.807) is 6.07 Å². The number of halogens is 2. The second-order valence-electron chi connectivity index (χ2n) is 4.03. The Morgan fingerprint density at radius 1 is 1.56 bits per heavy atom. The molecular weight excluding hydrogens is 229 g/mol. The van der Waals surface area contributed by atoms with Crippen LogP contribution in [0, 0.1) is 5.82 Å². The first kappa shape index (κ1) is 11.7. The topological polar surface area (TPSA) is 12.5 Å². The molecule has 0 bridgehead atoms. The van der Waals surface area contributed by atoms with Crippen LogP contribution in [-0.2, 0) is 10.6 Å². The summed E-state index contributed by atoms with van der Waals surface area (Å²) in [5.74, 6) is 0.0967. The molecule has 0 aromatic heterocycles. The van der Waals surface area contributed by atoms with Crippen molar-refractivity contribution in [3.8, 4) is 0 Å². The molecule has 0 radical (unpaired) electrons. The number of morpholine rings is 1. The highest BCUT2D eigenvalue weighted by atomic mass is 35.5. The van der Waals surface area contributed by atoms with Crippen molar-refractivity contribution < 1.29 is 9.13 Å². The third-order valence-corrected chi connectivity index (χ3v) is 3.06. The molecule has 0 aliphatic carbocycles. The molecule has 1 aromatic carbocycles. The number of hydrogen-bond acceptors (Lipinski definition) is 2. The Morgan fingerprint density at radius 2 is 2.38 bits per heavy atom. The monoisotopic (exact) mass is 243 g/mol. The average Bonchev–Trinajstić information content (AvgIpc) is 2.28. The van der Waals surface area contributed by atoms with Gasteiger partial charge in [0.25, 0.3) is 0 Å². The van der Waals surface area contributed by atoms with Gasteiger partial charge in [0.2, 0.25) is 0 Å². The normalized spacial score (nSPS) is 21.2. The molecule has 0 amide bonds. The van der Waals surface area contributed by atoms with Crippen molar-refractivity contribution in [1.29, 1.82) is 0 Å². The summed E-state index contributed by atoms with van der Waals surface area (Å²) in [4.78, 5) is 2.20. The Bertz CT molecular complexity index is 372. The van der Waals surface area contributed by atoms with Crippen LogP contribution in [-0.4, -0.2) is 25.8 Å². The molecule has 2 nitrogen and oxygen atoms in total. The van der Waals surface area contributed by atoms with E-state index in [1.165, 1.54) is 12.1 Å². The van der Waals surface area contributed by atoms with Crippen LogP contribution in [0.15, 0.2) is 18.2 Å². The molecule has 88 valence electrons. The zero-order valence-electron chi connectivity index (χ0n) is 9.25. The van der Waals surface area contributed by atoms with Crippen LogP contribution < -0.4 is 4.90 Å². The first-order valence-corrected chi connectivity index (χ1v) is 5.95. The minimum atomic E-state index is -0.235. The molecule has 4 heteroatoms. The van der Waals surface area contributed by atoms with Gasteiger partial charge in [0, 0.05) is 24.7 Å². The molecule has 1 aromatic rings. The quantitative estimate of drug-likeness (QED) is 0.741. The van der Waals surface area contributed by atoms with Crippen molar-refractivity contribution in [2.45, 2.75) is 18.9 Å². The number of nitrogens with zero attached hydrogens (tertiary/aromatic N) is 1. The van der Waals surface area contributed by atoms with Gasteiger partial charge >= 0.3 is 0 Å². The van der Waals surface area contributed by atoms with Gasteiger partial charge in [-0.2, -0.15) is 0 Å². The molecule has 0 N–H and O–H groups in total. The molecule has 1 fully saturated rings. The fourth-order valence-corrected chi connectivity index (χ4v) is 2.22. The van der Waals surface area contributed by atoms with Gasteiger partial charge < -0.3 is 9.64 Å². The zero-order valence-corrected chi connectivity index (χ0v) is 10.0. The Morgan fingerprint density at radius 3 is 3.06 bits per heavy atom. The van der Waals surface area contributed by atoms with Crippen molar-refractivity contribution in [3.05, 3.63) is 29.6 Å². The lowest BCUT2D eigenvalue weighted by Crippen LogP contribution is -2.41. The van der Waals surface area contributed by atoms with Gasteiger partial charge in [-0.05, 0) is 30.7 Å². The number of ether oxygens (including phenoxy) is 1. The Hall–Kier alpha value is -0.800. The van der Waals surface area contributed by atoms with Crippen LogP contribution in [0.4, 0.5) is 10.1 Å². The molecule has 1 unspecified atom stereocenters. The zero-order chi connectivity index (χ0) is 11.5. The fourth-order valence-electron chi connectivity index (χ4n) is 2.01. The van der Waals surface area contributed by atoms with Crippen LogP contribution in [0.5, 0.6) is 0 Å². The first-order valence-electron chi connectivity index (χ1n) is 5.41. The lowest BCUT2D eigenvalue weighted by Gasteiger charge is -2.34. The highest BCUT2D eigenvalue weighted by Crippen LogP contribution is 2.25. The summed E-state index contributed by atoms with van der Waals surface area (Å²) < 4.78 is 18.6. The summed E-state index contributed by atoms with van der Waals surface area (Å²) in [5, 5.41) is 0. The maximum atomic E-state index is 13.1. The SMILES string of the molecule is CC1CN(c2ccc(F)cc2CCl)CCO1. The summed E-state index contributed by atoms with van der Waals surface area (Å²) in [5.41, 5.74) is 1.86. The molecular formula is C12H15ClFNO. The largest absolute Gasteiger partial charge is 0.375 e. The van der Waals surface area contributed by atoms with Crippen molar-refractivity contribution in [2.24, 2.45) is 0 Å². The van der Waals surface area contributed by atoms with Crippen LogP contribution in [0.3, 0.4) is 0 Å². The van der Waals surface area contributed by atoms with Crippen LogP contribution in [0.1, 0.15) is 12.5 Å². The van der Waals surface area contributed by atoms with E-state index in [0.29, 0.717) is 12.5 Å². The van der Waals surface area contributed by atoms with E-state index in [2.05, 4.69) is 4.90 Å². The molecule has 16 heavy (non-hydrogen) atoms. The minimum Gasteiger partial charge on any atom is -0.375 e. The number of alkyl halides is 1. The molecule has 1 atom stereocenters. The standard InChI is InChI=1S/C12H15ClFNO/c1-9-8-15(4-5-16-9)12-3-2-11(14)6-10(12)7-13/h2-3,6,9H,4-5,7-8H2,1H3. The second kappa shape index (κ2) is 5.02. The van der Waals surface area contributed by atoms with Crippen LogP contribution >= 0.6 is 11.6 Å². The van der Waals surface area contributed by atoms with E-state index < -0.39 is 0 Å². The van der Waals surface area contributed by atoms with Crippen molar-refractivity contribution in [1.82, 2.24) is 0 Å². The lowest BCUT2D eigenvalue weighted by atomic mass is 10.1. The number of benzene rings is 1. The molecule has 1 heterocycles. The molecule has 0 saturated carbocycles. The van der Waals surface area contributed by atoms with Crippen molar-refractivity contribution in [2.75, 3.05) is 24.6 Å². The number of rotatable bonds is 2. The molecule has 1 aliphatic rings. The number of hydrogen-bond donors (Lipinski definition) is 0. The molecule has 0 spiro atoms. The minimum absolute atomic E-state index is 0.210. The molecule has 1 saturated heterocycles. The Kier molecular flexibility index (Phi) is 3.66. The molecule has 1 aliphatic heterocycles. The van der Waals surface area contributed by atoms with Crippen LogP contribution in [0.25, 0.3) is 0 Å². The predicted octanol–water partition coefficient (Wildman–Crippen LogP) is 2.79. The maximum Gasteiger partial charge on any atom is 0.123 e. The van der Waals surface area contributed by atoms with Gasteiger partial charge in [0.05, 0.1) is 12.7 Å². The third-order valence-electron chi connectivity index (χ3n) is 2.77. The Balaban J connectivity index is 2.24. The van der Waals surface area contributed by atoms with E-state index in [9.17, 15) is 4.39 Å². The summed E-state index contributed by atoms with van der Waals surface area (Å²) in [6, 6.07) is 4.78. The summed E-state index contributed by atoms with van der Waals surface area (Å²) in [7, 11) is 0. The van der Waals surface area contributed by atoms with Crippen LogP contribution in [0.2, 0.25) is 0 Å². The Labute approximate surface area is 100.0 Å². The summed E-state index contributed by atoms with van der Waals surface area (Å²) in [6.45, 7) is 4.41. The van der Waals surface area contributed by atoms with Gasteiger partial charge in [-0.15, -0.1) is 11.6 Å². The van der Waals surface area contributed by atoms with E-state index in [-0.39, 0.29) is 11.9 Å². The van der Waals surface area contributed by atoms with E-state index >= 15 is 0 Å².